The van der Waals surface area contributed by atoms with Crippen LogP contribution >= 0.6 is 0 Å². The zero-order chi connectivity index (χ0) is 13.0. The van der Waals surface area contributed by atoms with Crippen molar-refractivity contribution in [3.63, 3.8) is 0 Å². The second-order valence-corrected chi connectivity index (χ2v) is 4.35. The van der Waals surface area contributed by atoms with Gasteiger partial charge in [-0.15, -0.1) is 0 Å². The van der Waals surface area contributed by atoms with E-state index in [1.165, 1.54) is 0 Å². The van der Waals surface area contributed by atoms with E-state index in [2.05, 4.69) is 6.58 Å². The van der Waals surface area contributed by atoms with E-state index in [9.17, 15) is 4.79 Å². The number of hydrogen-bond acceptors (Lipinski definition) is 2. The first-order chi connectivity index (χ1) is 7.95. The van der Waals surface area contributed by atoms with Crippen molar-refractivity contribution >= 4 is 11.6 Å². The zero-order valence-electron chi connectivity index (χ0n) is 10.8. The van der Waals surface area contributed by atoms with Crippen molar-refractivity contribution in [2.24, 2.45) is 0 Å². The molecule has 1 amide bonds. The van der Waals surface area contributed by atoms with Gasteiger partial charge in [0.15, 0.2) is 0 Å². The van der Waals surface area contributed by atoms with E-state index < -0.39 is 0 Å². The lowest BCUT2D eigenvalue weighted by Gasteiger charge is -2.22. The van der Waals surface area contributed by atoms with Crippen LogP contribution in [0.5, 0.6) is 0 Å². The summed E-state index contributed by atoms with van der Waals surface area (Å²) in [7, 11) is 0. The summed E-state index contributed by atoms with van der Waals surface area (Å²) in [6, 6.07) is 5.41. The SMILES string of the molecule is C=C(C)CN(CC)C(=O)c1cc(N)ccc1C. The fourth-order valence-electron chi connectivity index (χ4n) is 1.69. The highest BCUT2D eigenvalue weighted by Crippen LogP contribution is 2.15. The first kappa shape index (κ1) is 13.3. The number of nitrogens with zero attached hydrogens (tertiary/aromatic N) is 1. The molecule has 0 radical (unpaired) electrons. The minimum Gasteiger partial charge on any atom is -0.399 e. The van der Waals surface area contributed by atoms with Crippen molar-refractivity contribution in [2.45, 2.75) is 20.8 Å². The molecule has 0 fully saturated rings. The average molecular weight is 232 g/mol. The van der Waals surface area contributed by atoms with Gasteiger partial charge in [-0.2, -0.15) is 0 Å². The number of benzene rings is 1. The fourth-order valence-corrected chi connectivity index (χ4v) is 1.69. The van der Waals surface area contributed by atoms with Crippen LogP contribution in [0, 0.1) is 6.92 Å². The molecule has 3 heteroatoms. The van der Waals surface area contributed by atoms with Crippen LogP contribution in [-0.2, 0) is 0 Å². The normalized spacial score (nSPS) is 10.1. The molecule has 1 aromatic rings. The van der Waals surface area contributed by atoms with Crippen molar-refractivity contribution in [1.82, 2.24) is 4.90 Å². The van der Waals surface area contributed by atoms with Gasteiger partial charge in [0.25, 0.3) is 5.91 Å². The maximum Gasteiger partial charge on any atom is 0.254 e. The molecule has 0 saturated carbocycles. The van der Waals surface area contributed by atoms with E-state index in [-0.39, 0.29) is 5.91 Å². The molecule has 0 saturated heterocycles. The van der Waals surface area contributed by atoms with Crippen molar-refractivity contribution in [3.05, 3.63) is 41.5 Å². The van der Waals surface area contributed by atoms with E-state index >= 15 is 0 Å². The molecule has 1 rings (SSSR count). The number of carbonyl (C=O) groups excluding carboxylic acids is 1. The Morgan fingerprint density at radius 3 is 2.65 bits per heavy atom. The molecule has 92 valence electrons. The molecular weight excluding hydrogens is 212 g/mol. The fraction of sp³-hybridized carbons (Fsp3) is 0.357. The lowest BCUT2D eigenvalue weighted by atomic mass is 10.1. The first-order valence-corrected chi connectivity index (χ1v) is 5.75. The van der Waals surface area contributed by atoms with Gasteiger partial charge in [0, 0.05) is 24.3 Å². The molecule has 0 aromatic heterocycles. The molecule has 1 aromatic carbocycles. The maximum absolute atomic E-state index is 12.3. The van der Waals surface area contributed by atoms with Crippen LogP contribution in [0.3, 0.4) is 0 Å². The monoisotopic (exact) mass is 232 g/mol. The molecule has 0 aliphatic heterocycles. The lowest BCUT2D eigenvalue weighted by Crippen LogP contribution is -2.32. The Labute approximate surface area is 103 Å². The van der Waals surface area contributed by atoms with Gasteiger partial charge in [0.05, 0.1) is 0 Å². The molecular formula is C14H20N2O. The van der Waals surface area contributed by atoms with Crippen molar-refractivity contribution in [2.75, 3.05) is 18.8 Å². The average Bonchev–Trinajstić information content (AvgIpc) is 2.28. The molecule has 0 spiro atoms. The van der Waals surface area contributed by atoms with Gasteiger partial charge >= 0.3 is 0 Å². The highest BCUT2D eigenvalue weighted by molar-refractivity contribution is 5.96. The number of amides is 1. The number of rotatable bonds is 4. The van der Waals surface area contributed by atoms with Gasteiger partial charge in [-0.05, 0) is 38.5 Å². The summed E-state index contributed by atoms with van der Waals surface area (Å²) in [6.07, 6.45) is 0. The number of hydrogen-bond donors (Lipinski definition) is 1. The van der Waals surface area contributed by atoms with Gasteiger partial charge in [-0.1, -0.05) is 18.2 Å². The van der Waals surface area contributed by atoms with Gasteiger partial charge < -0.3 is 10.6 Å². The third kappa shape index (κ3) is 3.34. The Kier molecular flexibility index (Phi) is 4.32. The lowest BCUT2D eigenvalue weighted by molar-refractivity contribution is 0.0777. The number of nitrogen functional groups attached to an aromatic ring is 1. The summed E-state index contributed by atoms with van der Waals surface area (Å²) in [5, 5.41) is 0. The molecule has 3 nitrogen and oxygen atoms in total. The van der Waals surface area contributed by atoms with Crippen LogP contribution in [0.4, 0.5) is 5.69 Å². The Balaban J connectivity index is 3.01. The van der Waals surface area contributed by atoms with E-state index in [1.54, 1.807) is 17.0 Å². The van der Waals surface area contributed by atoms with Crippen LogP contribution in [0.25, 0.3) is 0 Å². The second-order valence-electron chi connectivity index (χ2n) is 4.35. The highest BCUT2D eigenvalue weighted by atomic mass is 16.2. The molecule has 0 aliphatic rings. The molecule has 0 unspecified atom stereocenters. The van der Waals surface area contributed by atoms with Gasteiger partial charge in [-0.25, -0.2) is 0 Å². The summed E-state index contributed by atoms with van der Waals surface area (Å²) in [4.78, 5) is 14.1. The zero-order valence-corrected chi connectivity index (χ0v) is 10.8. The number of likely N-dealkylation sites (N-methyl/N-ethyl adjacent to an activating group) is 1. The second kappa shape index (κ2) is 5.53. The number of anilines is 1. The van der Waals surface area contributed by atoms with Gasteiger partial charge in [0.2, 0.25) is 0 Å². The minimum absolute atomic E-state index is 0.0142. The summed E-state index contributed by atoms with van der Waals surface area (Å²) >= 11 is 0. The van der Waals surface area contributed by atoms with E-state index in [0.717, 1.165) is 11.1 Å². The number of carbonyl (C=O) groups is 1. The van der Waals surface area contributed by atoms with Crippen molar-refractivity contribution < 1.29 is 4.79 Å². The molecule has 2 N–H and O–H groups in total. The Bertz CT molecular complexity index is 438. The predicted octanol–water partition coefficient (Wildman–Crippen LogP) is 2.62. The molecule has 0 heterocycles. The summed E-state index contributed by atoms with van der Waals surface area (Å²) in [5.41, 5.74) is 8.93. The molecule has 0 aliphatic carbocycles. The van der Waals surface area contributed by atoms with Gasteiger partial charge in [-0.3, -0.25) is 4.79 Å². The quantitative estimate of drug-likeness (QED) is 0.640. The Hall–Kier alpha value is -1.77. The summed E-state index contributed by atoms with van der Waals surface area (Å²) in [5.74, 6) is 0.0142. The topological polar surface area (TPSA) is 46.3 Å². The predicted molar refractivity (Wildman–Crippen MR) is 72.0 cm³/mol. The largest absolute Gasteiger partial charge is 0.399 e. The van der Waals surface area contributed by atoms with Crippen molar-refractivity contribution in [3.8, 4) is 0 Å². The number of nitrogens with two attached hydrogens (primary N) is 1. The van der Waals surface area contributed by atoms with Crippen LogP contribution in [-0.4, -0.2) is 23.9 Å². The third-order valence-electron chi connectivity index (χ3n) is 2.62. The van der Waals surface area contributed by atoms with E-state index in [1.807, 2.05) is 26.8 Å². The van der Waals surface area contributed by atoms with Gasteiger partial charge in [0.1, 0.15) is 0 Å². The van der Waals surface area contributed by atoms with Crippen LogP contribution < -0.4 is 5.73 Å². The molecule has 0 bridgehead atoms. The third-order valence-corrected chi connectivity index (χ3v) is 2.62. The smallest absolute Gasteiger partial charge is 0.254 e. The van der Waals surface area contributed by atoms with E-state index in [0.29, 0.717) is 24.3 Å². The van der Waals surface area contributed by atoms with Crippen LogP contribution in [0.2, 0.25) is 0 Å². The summed E-state index contributed by atoms with van der Waals surface area (Å²) in [6.45, 7) is 10.9. The standard InChI is InChI=1S/C14H20N2O/c1-5-16(9-10(2)3)14(17)13-8-12(15)7-6-11(13)4/h6-8H,2,5,9,15H2,1,3-4H3. The Morgan fingerprint density at radius 2 is 2.12 bits per heavy atom. The minimum atomic E-state index is 0.0142. The van der Waals surface area contributed by atoms with Crippen molar-refractivity contribution in [1.29, 1.82) is 0 Å². The van der Waals surface area contributed by atoms with Crippen LogP contribution in [0.15, 0.2) is 30.4 Å². The Morgan fingerprint density at radius 1 is 1.47 bits per heavy atom. The van der Waals surface area contributed by atoms with Crippen LogP contribution in [0.1, 0.15) is 29.8 Å². The number of aryl methyl sites for hydroxylation is 1. The molecule has 17 heavy (non-hydrogen) atoms. The first-order valence-electron chi connectivity index (χ1n) is 5.75. The van der Waals surface area contributed by atoms with E-state index in [4.69, 9.17) is 5.73 Å². The summed E-state index contributed by atoms with van der Waals surface area (Å²) < 4.78 is 0. The maximum atomic E-state index is 12.3. The highest BCUT2D eigenvalue weighted by Gasteiger charge is 2.16. The molecule has 0 atom stereocenters.